The summed E-state index contributed by atoms with van der Waals surface area (Å²) in [5.74, 6) is -1.49. The molecule has 5 nitrogen and oxygen atoms in total. The lowest BCUT2D eigenvalue weighted by Crippen LogP contribution is -2.47. The van der Waals surface area contributed by atoms with E-state index in [4.69, 9.17) is 5.11 Å². The summed E-state index contributed by atoms with van der Waals surface area (Å²) in [7, 11) is 0. The quantitative estimate of drug-likeness (QED) is 0.912. The number of likely N-dealkylation sites (tertiary alicyclic amines) is 1. The van der Waals surface area contributed by atoms with Crippen LogP contribution >= 0.6 is 0 Å². The molecular weight excluding hydrogens is 280 g/mol. The normalized spacial score (nSPS) is 22.5. The molecule has 1 amide bonds. The van der Waals surface area contributed by atoms with E-state index in [0.717, 1.165) is 5.56 Å². The van der Waals surface area contributed by atoms with Crippen molar-refractivity contribution < 1.29 is 14.7 Å². The molecule has 1 saturated heterocycles. The van der Waals surface area contributed by atoms with Gasteiger partial charge in [0.05, 0.1) is 5.92 Å². The number of amides is 1. The molecule has 2 heterocycles. The summed E-state index contributed by atoms with van der Waals surface area (Å²) in [5, 5.41) is 9.17. The zero-order valence-electron chi connectivity index (χ0n) is 13.7. The number of hydrogen-bond acceptors (Lipinski definition) is 3. The molecule has 120 valence electrons. The Kier molecular flexibility index (Phi) is 4.54. The Hall–Kier alpha value is -1.91. The van der Waals surface area contributed by atoms with Crippen molar-refractivity contribution in [2.75, 3.05) is 6.54 Å². The number of aliphatic carboxylic acids is 1. The minimum absolute atomic E-state index is 0.0125. The molecule has 1 aliphatic rings. The molecule has 5 heteroatoms. The molecular formula is C17H24N2O3. The Balaban J connectivity index is 2.17. The number of carbonyl (C=O) groups is 2. The first kappa shape index (κ1) is 16.5. The van der Waals surface area contributed by atoms with Gasteiger partial charge in [-0.25, -0.2) is 0 Å². The average Bonchev–Trinajstić information content (AvgIpc) is 2.46. The van der Waals surface area contributed by atoms with Crippen molar-refractivity contribution in [1.82, 2.24) is 9.88 Å². The van der Waals surface area contributed by atoms with Gasteiger partial charge in [0.25, 0.3) is 5.91 Å². The van der Waals surface area contributed by atoms with Gasteiger partial charge < -0.3 is 10.0 Å². The third-order valence-electron chi connectivity index (χ3n) is 4.34. The van der Waals surface area contributed by atoms with Gasteiger partial charge in [-0.15, -0.1) is 0 Å². The summed E-state index contributed by atoms with van der Waals surface area (Å²) in [6.07, 6.45) is 3.07. The van der Waals surface area contributed by atoms with Gasteiger partial charge in [0, 0.05) is 18.8 Å². The van der Waals surface area contributed by atoms with E-state index in [0.29, 0.717) is 18.5 Å². The van der Waals surface area contributed by atoms with Gasteiger partial charge in [0.15, 0.2) is 0 Å². The molecule has 0 spiro atoms. The minimum Gasteiger partial charge on any atom is -0.481 e. The highest BCUT2D eigenvalue weighted by molar-refractivity contribution is 5.93. The highest BCUT2D eigenvalue weighted by Crippen LogP contribution is 2.25. The van der Waals surface area contributed by atoms with E-state index in [1.807, 2.05) is 13.0 Å². The molecule has 22 heavy (non-hydrogen) atoms. The van der Waals surface area contributed by atoms with Crippen LogP contribution in [0, 0.1) is 5.92 Å². The predicted octanol–water partition coefficient (Wildman–Crippen LogP) is 2.70. The van der Waals surface area contributed by atoms with Crippen LogP contribution in [-0.2, 0) is 10.2 Å². The highest BCUT2D eigenvalue weighted by Gasteiger charge is 2.33. The average molecular weight is 304 g/mol. The lowest BCUT2D eigenvalue weighted by Gasteiger charge is -2.36. The molecule has 2 atom stereocenters. The maximum absolute atomic E-state index is 12.6. The fourth-order valence-electron chi connectivity index (χ4n) is 2.70. The largest absolute Gasteiger partial charge is 0.481 e. The lowest BCUT2D eigenvalue weighted by atomic mass is 9.88. The topological polar surface area (TPSA) is 70.5 Å². The molecule has 1 aliphatic heterocycles. The van der Waals surface area contributed by atoms with Crippen molar-refractivity contribution in [3.05, 3.63) is 29.6 Å². The first-order valence-corrected chi connectivity index (χ1v) is 7.70. The third kappa shape index (κ3) is 3.46. The number of aromatic nitrogens is 1. The van der Waals surface area contributed by atoms with Gasteiger partial charge >= 0.3 is 5.97 Å². The van der Waals surface area contributed by atoms with E-state index in [2.05, 4.69) is 25.8 Å². The second-order valence-corrected chi connectivity index (χ2v) is 7.10. The van der Waals surface area contributed by atoms with Crippen LogP contribution in [0.3, 0.4) is 0 Å². The molecule has 1 N–H and O–H groups in total. The van der Waals surface area contributed by atoms with E-state index in [9.17, 15) is 9.59 Å². The SMILES string of the molecule is CC1CCC(C(=O)O)CN1C(=O)c1ccc(C(C)(C)C)cn1. The molecule has 1 aromatic heterocycles. The van der Waals surface area contributed by atoms with Crippen molar-refractivity contribution in [3.8, 4) is 0 Å². The fraction of sp³-hybridized carbons (Fsp3) is 0.588. The van der Waals surface area contributed by atoms with E-state index in [1.165, 1.54) is 0 Å². The van der Waals surface area contributed by atoms with Crippen LogP contribution in [0.15, 0.2) is 18.3 Å². The van der Waals surface area contributed by atoms with Crippen LogP contribution in [0.2, 0.25) is 0 Å². The zero-order valence-corrected chi connectivity index (χ0v) is 13.7. The van der Waals surface area contributed by atoms with Crippen molar-refractivity contribution in [1.29, 1.82) is 0 Å². The molecule has 2 rings (SSSR count). The monoisotopic (exact) mass is 304 g/mol. The number of carboxylic acid groups (broad SMARTS) is 1. The Morgan fingerprint density at radius 1 is 1.27 bits per heavy atom. The van der Waals surface area contributed by atoms with Crippen molar-refractivity contribution in [3.63, 3.8) is 0 Å². The Labute approximate surface area is 131 Å². The Morgan fingerprint density at radius 3 is 2.45 bits per heavy atom. The Morgan fingerprint density at radius 2 is 1.95 bits per heavy atom. The summed E-state index contributed by atoms with van der Waals surface area (Å²) in [4.78, 5) is 29.7. The molecule has 0 aliphatic carbocycles. The first-order valence-electron chi connectivity index (χ1n) is 7.70. The number of nitrogens with zero attached hydrogens (tertiary/aromatic N) is 2. The van der Waals surface area contributed by atoms with E-state index in [1.54, 1.807) is 17.2 Å². The summed E-state index contributed by atoms with van der Waals surface area (Å²) in [6.45, 7) is 8.50. The summed E-state index contributed by atoms with van der Waals surface area (Å²) in [5.41, 5.74) is 1.44. The van der Waals surface area contributed by atoms with Gasteiger partial charge in [-0.05, 0) is 36.8 Å². The summed E-state index contributed by atoms with van der Waals surface area (Å²) < 4.78 is 0. The highest BCUT2D eigenvalue weighted by atomic mass is 16.4. The maximum atomic E-state index is 12.6. The molecule has 1 fully saturated rings. The van der Waals surface area contributed by atoms with Gasteiger partial charge in [0.1, 0.15) is 5.69 Å². The third-order valence-corrected chi connectivity index (χ3v) is 4.34. The van der Waals surface area contributed by atoms with E-state index in [-0.39, 0.29) is 23.9 Å². The molecule has 1 aromatic rings. The van der Waals surface area contributed by atoms with Crippen molar-refractivity contribution in [2.24, 2.45) is 5.92 Å². The smallest absolute Gasteiger partial charge is 0.308 e. The lowest BCUT2D eigenvalue weighted by molar-refractivity contribution is -0.143. The summed E-state index contributed by atoms with van der Waals surface area (Å²) in [6, 6.07) is 3.70. The number of carbonyl (C=O) groups excluding carboxylic acids is 1. The van der Waals surface area contributed by atoms with E-state index < -0.39 is 11.9 Å². The standard InChI is InChI=1S/C17H24N2O3/c1-11-5-6-12(16(21)22)10-19(11)15(20)14-8-7-13(9-18-14)17(2,3)4/h7-9,11-12H,5-6,10H2,1-4H3,(H,21,22). The van der Waals surface area contributed by atoms with Crippen LogP contribution in [0.1, 0.15) is 56.6 Å². The number of hydrogen-bond donors (Lipinski definition) is 1. The molecule has 0 bridgehead atoms. The van der Waals surface area contributed by atoms with Crippen LogP contribution in [0.4, 0.5) is 0 Å². The van der Waals surface area contributed by atoms with Crippen molar-refractivity contribution >= 4 is 11.9 Å². The van der Waals surface area contributed by atoms with Crippen molar-refractivity contribution in [2.45, 2.75) is 52.0 Å². The van der Waals surface area contributed by atoms with Crippen LogP contribution in [0.5, 0.6) is 0 Å². The molecule has 0 saturated carbocycles. The molecule has 0 radical (unpaired) electrons. The Bertz CT molecular complexity index is 560. The van der Waals surface area contributed by atoms with Crippen LogP contribution < -0.4 is 0 Å². The van der Waals surface area contributed by atoms with Gasteiger partial charge in [-0.3, -0.25) is 14.6 Å². The predicted molar refractivity (Wildman–Crippen MR) is 83.8 cm³/mol. The number of piperidine rings is 1. The number of pyridine rings is 1. The van der Waals surface area contributed by atoms with Crippen LogP contribution in [0.25, 0.3) is 0 Å². The second-order valence-electron chi connectivity index (χ2n) is 7.10. The second kappa shape index (κ2) is 6.07. The number of carboxylic acids is 1. The van der Waals surface area contributed by atoms with E-state index >= 15 is 0 Å². The first-order chi connectivity index (χ1) is 10.2. The summed E-state index contributed by atoms with van der Waals surface area (Å²) >= 11 is 0. The van der Waals surface area contributed by atoms with Gasteiger partial charge in [0.2, 0.25) is 0 Å². The fourth-order valence-corrected chi connectivity index (χ4v) is 2.70. The minimum atomic E-state index is -0.833. The molecule has 2 unspecified atom stereocenters. The zero-order chi connectivity index (χ0) is 16.5. The van der Waals surface area contributed by atoms with Crippen LogP contribution in [-0.4, -0.2) is 39.5 Å². The maximum Gasteiger partial charge on any atom is 0.308 e. The number of rotatable bonds is 2. The van der Waals surface area contributed by atoms with Gasteiger partial charge in [-0.2, -0.15) is 0 Å². The molecule has 0 aromatic carbocycles. The van der Waals surface area contributed by atoms with Gasteiger partial charge in [-0.1, -0.05) is 26.8 Å².